The molecular weight excluding hydrogens is 316 g/mol. The number of anilines is 1. The largest absolute Gasteiger partial charge is 0.454 e. The van der Waals surface area contributed by atoms with Gasteiger partial charge in [0.2, 0.25) is 5.91 Å². The van der Waals surface area contributed by atoms with Crippen molar-refractivity contribution in [3.05, 3.63) is 42.4 Å². The molecule has 0 radical (unpaired) electrons. The van der Waals surface area contributed by atoms with E-state index in [2.05, 4.69) is 10.6 Å². The molecule has 0 aliphatic rings. The molecule has 4 nitrogen and oxygen atoms in total. The number of alkyl halides is 3. The van der Waals surface area contributed by atoms with Crippen molar-refractivity contribution in [2.24, 2.45) is 5.92 Å². The molecule has 1 amide bonds. The van der Waals surface area contributed by atoms with Crippen LogP contribution >= 0.6 is 0 Å². The second kappa shape index (κ2) is 7.75. The summed E-state index contributed by atoms with van der Waals surface area (Å²) in [6, 6.07) is 4.31. The van der Waals surface area contributed by atoms with Gasteiger partial charge in [0, 0.05) is 18.0 Å². The van der Waals surface area contributed by atoms with E-state index in [1.54, 1.807) is 13.8 Å². The van der Waals surface area contributed by atoms with Crippen LogP contribution in [-0.2, 0) is 9.59 Å². The molecule has 2 N–H and O–H groups in total. The highest BCUT2D eigenvalue weighted by Crippen LogP contribution is 2.16. The summed E-state index contributed by atoms with van der Waals surface area (Å²) in [5.74, 6) is -3.41. The van der Waals surface area contributed by atoms with Gasteiger partial charge in [0.05, 0.1) is 0 Å². The Morgan fingerprint density at radius 2 is 1.87 bits per heavy atom. The molecule has 8 heteroatoms. The summed E-state index contributed by atoms with van der Waals surface area (Å²) >= 11 is 0. The van der Waals surface area contributed by atoms with Gasteiger partial charge in [0.25, 0.3) is 5.78 Å². The van der Waals surface area contributed by atoms with Crippen molar-refractivity contribution in [2.45, 2.75) is 26.1 Å². The lowest BCUT2D eigenvalue weighted by Gasteiger charge is -2.20. The van der Waals surface area contributed by atoms with Gasteiger partial charge in [0.15, 0.2) is 0 Å². The molecule has 0 spiro atoms. The average molecular weight is 332 g/mol. The third kappa shape index (κ3) is 6.09. The minimum atomic E-state index is -4.96. The number of nitrogens with one attached hydrogen (secondary N) is 2. The SMILES string of the molecule is CC(C)C(NC=CC(=O)C(F)(F)F)C(=O)Nc1cccc(F)c1. The molecule has 23 heavy (non-hydrogen) atoms. The molecule has 0 heterocycles. The van der Waals surface area contributed by atoms with Crippen molar-refractivity contribution in [3.8, 4) is 0 Å². The van der Waals surface area contributed by atoms with E-state index in [1.807, 2.05) is 0 Å². The molecule has 0 aromatic heterocycles. The summed E-state index contributed by atoms with van der Waals surface area (Å²) in [5.41, 5.74) is 0.220. The molecular formula is C15H16F4N2O2. The Kier molecular flexibility index (Phi) is 6.29. The van der Waals surface area contributed by atoms with E-state index < -0.39 is 29.7 Å². The number of amides is 1. The van der Waals surface area contributed by atoms with Crippen molar-refractivity contribution in [1.82, 2.24) is 5.32 Å². The van der Waals surface area contributed by atoms with Crippen LogP contribution in [0.4, 0.5) is 23.2 Å². The fourth-order valence-electron chi connectivity index (χ4n) is 1.68. The first-order chi connectivity index (χ1) is 10.6. The summed E-state index contributed by atoms with van der Waals surface area (Å²) in [7, 11) is 0. The van der Waals surface area contributed by atoms with Crippen molar-refractivity contribution in [1.29, 1.82) is 0 Å². The number of hydrogen-bond donors (Lipinski definition) is 2. The summed E-state index contributed by atoms with van der Waals surface area (Å²) in [4.78, 5) is 22.8. The highest BCUT2D eigenvalue weighted by molar-refractivity contribution is 5.96. The zero-order valence-electron chi connectivity index (χ0n) is 12.4. The van der Waals surface area contributed by atoms with E-state index in [0.717, 1.165) is 12.3 Å². The molecule has 1 aromatic carbocycles. The number of halogens is 4. The molecule has 0 bridgehead atoms. The summed E-state index contributed by atoms with van der Waals surface area (Å²) in [5, 5.41) is 4.90. The highest BCUT2D eigenvalue weighted by atomic mass is 19.4. The number of carbonyl (C=O) groups excluding carboxylic acids is 2. The van der Waals surface area contributed by atoms with E-state index in [4.69, 9.17) is 0 Å². The number of carbonyl (C=O) groups is 2. The molecule has 0 fully saturated rings. The van der Waals surface area contributed by atoms with Gasteiger partial charge >= 0.3 is 6.18 Å². The molecule has 0 aliphatic carbocycles. The Labute approximate surface area is 130 Å². The average Bonchev–Trinajstić information content (AvgIpc) is 2.41. The van der Waals surface area contributed by atoms with Crippen molar-refractivity contribution in [3.63, 3.8) is 0 Å². The Bertz CT molecular complexity index is 597. The quantitative estimate of drug-likeness (QED) is 0.622. The molecule has 1 rings (SSSR count). The van der Waals surface area contributed by atoms with E-state index in [9.17, 15) is 27.2 Å². The molecule has 0 saturated carbocycles. The fraction of sp³-hybridized carbons (Fsp3) is 0.333. The first-order valence-corrected chi connectivity index (χ1v) is 6.71. The zero-order valence-corrected chi connectivity index (χ0v) is 12.4. The number of hydrogen-bond acceptors (Lipinski definition) is 3. The normalized spacial score (nSPS) is 13.2. The maximum Gasteiger partial charge on any atom is 0.454 e. The minimum Gasteiger partial charge on any atom is -0.379 e. The first-order valence-electron chi connectivity index (χ1n) is 6.71. The Hall–Kier alpha value is -2.38. The van der Waals surface area contributed by atoms with Gasteiger partial charge in [0.1, 0.15) is 11.9 Å². The van der Waals surface area contributed by atoms with Crippen LogP contribution < -0.4 is 10.6 Å². The molecule has 0 saturated heterocycles. The van der Waals surface area contributed by atoms with E-state index in [1.165, 1.54) is 18.2 Å². The van der Waals surface area contributed by atoms with E-state index in [0.29, 0.717) is 6.08 Å². The number of ketones is 1. The van der Waals surface area contributed by atoms with Crippen LogP contribution in [0.25, 0.3) is 0 Å². The van der Waals surface area contributed by atoms with E-state index in [-0.39, 0.29) is 11.6 Å². The van der Waals surface area contributed by atoms with Crippen LogP contribution in [0.15, 0.2) is 36.5 Å². The smallest absolute Gasteiger partial charge is 0.379 e. The van der Waals surface area contributed by atoms with Crippen molar-refractivity contribution in [2.75, 3.05) is 5.32 Å². The van der Waals surface area contributed by atoms with Crippen molar-refractivity contribution < 1.29 is 27.2 Å². The third-order valence-corrected chi connectivity index (χ3v) is 2.83. The second-order valence-electron chi connectivity index (χ2n) is 5.08. The van der Waals surface area contributed by atoms with Crippen LogP contribution in [0, 0.1) is 11.7 Å². The molecule has 1 atom stereocenters. The Morgan fingerprint density at radius 3 is 2.39 bits per heavy atom. The van der Waals surface area contributed by atoms with Crippen LogP contribution in [0.1, 0.15) is 13.8 Å². The lowest BCUT2D eigenvalue weighted by Crippen LogP contribution is -2.42. The van der Waals surface area contributed by atoms with Gasteiger partial charge in [-0.05, 0) is 24.1 Å². The lowest BCUT2D eigenvalue weighted by molar-refractivity contribution is -0.165. The van der Waals surface area contributed by atoms with Crippen LogP contribution in [0.2, 0.25) is 0 Å². The first kappa shape index (κ1) is 18.7. The van der Waals surface area contributed by atoms with Gasteiger partial charge in [-0.15, -0.1) is 0 Å². The van der Waals surface area contributed by atoms with Crippen LogP contribution in [0.5, 0.6) is 0 Å². The maximum absolute atomic E-state index is 13.1. The Balaban J connectivity index is 2.73. The third-order valence-electron chi connectivity index (χ3n) is 2.83. The number of allylic oxidation sites excluding steroid dienone is 1. The lowest BCUT2D eigenvalue weighted by atomic mass is 10.0. The van der Waals surface area contributed by atoms with Crippen LogP contribution in [0.3, 0.4) is 0 Å². The van der Waals surface area contributed by atoms with Gasteiger partial charge in [-0.1, -0.05) is 19.9 Å². The second-order valence-corrected chi connectivity index (χ2v) is 5.08. The number of benzene rings is 1. The Morgan fingerprint density at radius 1 is 1.22 bits per heavy atom. The standard InChI is InChI=1S/C15H16F4N2O2/c1-9(2)13(20-7-6-12(22)15(17,18)19)14(23)21-11-5-3-4-10(16)8-11/h3-9,13,20H,1-2H3,(H,21,23). The minimum absolute atomic E-state index is 0.220. The van der Waals surface area contributed by atoms with Gasteiger partial charge in [-0.3, -0.25) is 9.59 Å². The van der Waals surface area contributed by atoms with Crippen molar-refractivity contribution >= 4 is 17.4 Å². The van der Waals surface area contributed by atoms with Gasteiger partial charge in [-0.25, -0.2) is 4.39 Å². The van der Waals surface area contributed by atoms with Gasteiger partial charge < -0.3 is 10.6 Å². The summed E-state index contributed by atoms with van der Waals surface area (Å²) in [6.07, 6.45) is -3.87. The summed E-state index contributed by atoms with van der Waals surface area (Å²) in [6.45, 7) is 3.34. The fourth-order valence-corrected chi connectivity index (χ4v) is 1.68. The monoisotopic (exact) mass is 332 g/mol. The number of rotatable bonds is 6. The van der Waals surface area contributed by atoms with Crippen LogP contribution in [-0.4, -0.2) is 23.9 Å². The predicted molar refractivity (Wildman–Crippen MR) is 77.0 cm³/mol. The highest BCUT2D eigenvalue weighted by Gasteiger charge is 2.36. The predicted octanol–water partition coefficient (Wildman–Crippen LogP) is 3.02. The van der Waals surface area contributed by atoms with E-state index >= 15 is 0 Å². The zero-order chi connectivity index (χ0) is 17.6. The molecule has 1 aromatic rings. The molecule has 126 valence electrons. The molecule has 1 unspecified atom stereocenters. The van der Waals surface area contributed by atoms with Gasteiger partial charge in [-0.2, -0.15) is 13.2 Å². The topological polar surface area (TPSA) is 58.2 Å². The maximum atomic E-state index is 13.1. The molecule has 0 aliphatic heterocycles. The summed E-state index contributed by atoms with van der Waals surface area (Å²) < 4.78 is 49.3.